The number of carbonyl (C=O) groups excluding carboxylic acids is 1. The van der Waals surface area contributed by atoms with Crippen LogP contribution in [0.15, 0.2) is 72.8 Å². The zero-order valence-electron chi connectivity index (χ0n) is 22.1. The number of nitrogens with one attached hydrogen (secondary N) is 1. The maximum atomic E-state index is 13.9. The summed E-state index contributed by atoms with van der Waals surface area (Å²) in [4.78, 5) is 30.1. The number of benzene rings is 3. The maximum Gasteiger partial charge on any atom is 0.416 e. The number of carbonyl (C=O) groups is 1. The van der Waals surface area contributed by atoms with Crippen molar-refractivity contribution < 1.29 is 27.9 Å². The van der Waals surface area contributed by atoms with Crippen LogP contribution >= 0.6 is 0 Å². The van der Waals surface area contributed by atoms with Gasteiger partial charge in [-0.3, -0.25) is 10.1 Å². The van der Waals surface area contributed by atoms with Gasteiger partial charge in [-0.25, -0.2) is 0 Å². The quantitative estimate of drug-likeness (QED) is 0.161. The van der Waals surface area contributed by atoms with Gasteiger partial charge in [0.05, 0.1) is 17.6 Å². The monoisotopic (exact) mass is 563 g/mol. The molecule has 2 aliphatic rings. The summed E-state index contributed by atoms with van der Waals surface area (Å²) in [5, 5.41) is 13.0. The lowest BCUT2D eigenvalue weighted by atomic mass is 9.87. The Morgan fingerprint density at radius 2 is 1.83 bits per heavy atom. The fourth-order valence-electron chi connectivity index (χ4n) is 5.62. The summed E-state index contributed by atoms with van der Waals surface area (Å²) in [6, 6.07) is 19.2. The molecule has 0 bridgehead atoms. The molecule has 10 heteroatoms. The highest BCUT2D eigenvalue weighted by atomic mass is 19.4. The standard InChI is InChI=1S/C31H28F3N3O4/c32-31(33,34)24-14-16-25(17-15-24)36-29(23-11-5-8-21(19-23)7-3-4-18-41-37(39)40)20-28(30(36)38)35-27-13-6-10-22-9-1-2-12-26(22)27/h1-2,5,8-9,11-12,14-17,19,27-29,35H,4,6,10,13,18,20H2/t27-,28+,29+/m0/s1. The second kappa shape index (κ2) is 12.0. The second-order valence-electron chi connectivity index (χ2n) is 10.1. The molecule has 41 heavy (non-hydrogen) atoms. The largest absolute Gasteiger partial charge is 0.416 e. The van der Waals surface area contributed by atoms with Crippen LogP contribution in [-0.2, 0) is 22.2 Å². The highest BCUT2D eigenvalue weighted by molar-refractivity contribution is 6.00. The summed E-state index contributed by atoms with van der Waals surface area (Å²) in [5.74, 6) is 5.60. The molecule has 0 spiro atoms. The van der Waals surface area contributed by atoms with Crippen molar-refractivity contribution in [1.82, 2.24) is 5.32 Å². The molecule has 212 valence electrons. The summed E-state index contributed by atoms with van der Waals surface area (Å²) in [6.45, 7) is -0.143. The Bertz CT molecular complexity index is 1480. The molecule has 1 aliphatic carbocycles. The second-order valence-corrected chi connectivity index (χ2v) is 10.1. The number of anilines is 1. The Hall–Kier alpha value is -4.36. The first-order valence-corrected chi connectivity index (χ1v) is 13.4. The minimum absolute atomic E-state index is 0.000640. The Morgan fingerprint density at radius 3 is 2.59 bits per heavy atom. The number of amides is 1. The molecule has 0 radical (unpaired) electrons. The molecular formula is C31H28F3N3O4. The van der Waals surface area contributed by atoms with Gasteiger partial charge >= 0.3 is 6.18 Å². The molecule has 0 aromatic heterocycles. The molecule has 1 saturated heterocycles. The maximum absolute atomic E-state index is 13.9. The Kier molecular flexibility index (Phi) is 8.26. The fraction of sp³-hybridized carbons (Fsp3) is 0.323. The van der Waals surface area contributed by atoms with Crippen LogP contribution in [0.1, 0.15) is 65.6 Å². The van der Waals surface area contributed by atoms with Crippen molar-refractivity contribution in [3.63, 3.8) is 0 Å². The van der Waals surface area contributed by atoms with Crippen LogP contribution in [0.5, 0.6) is 0 Å². The lowest BCUT2D eigenvalue weighted by Gasteiger charge is -2.28. The predicted molar refractivity (Wildman–Crippen MR) is 146 cm³/mol. The van der Waals surface area contributed by atoms with Crippen molar-refractivity contribution >= 4 is 11.6 Å². The van der Waals surface area contributed by atoms with Crippen molar-refractivity contribution in [2.24, 2.45) is 0 Å². The van der Waals surface area contributed by atoms with Gasteiger partial charge in [0, 0.05) is 23.7 Å². The van der Waals surface area contributed by atoms with Gasteiger partial charge in [-0.1, -0.05) is 48.2 Å². The number of alkyl halides is 3. The Labute approximate surface area is 235 Å². The number of fused-ring (bicyclic) bond motifs is 1. The fourth-order valence-corrected chi connectivity index (χ4v) is 5.62. The number of rotatable bonds is 7. The van der Waals surface area contributed by atoms with Gasteiger partial charge in [0.2, 0.25) is 5.91 Å². The van der Waals surface area contributed by atoms with Gasteiger partial charge in [-0.05, 0) is 78.8 Å². The molecule has 0 unspecified atom stereocenters. The first kappa shape index (κ1) is 28.2. The van der Waals surface area contributed by atoms with E-state index in [-0.39, 0.29) is 25.0 Å². The summed E-state index contributed by atoms with van der Waals surface area (Å²) >= 11 is 0. The molecule has 1 fully saturated rings. The van der Waals surface area contributed by atoms with Gasteiger partial charge in [-0.2, -0.15) is 13.2 Å². The summed E-state index contributed by atoms with van der Waals surface area (Å²) < 4.78 is 39.7. The van der Waals surface area contributed by atoms with Crippen LogP contribution < -0.4 is 10.2 Å². The molecule has 1 aliphatic heterocycles. The van der Waals surface area contributed by atoms with E-state index >= 15 is 0 Å². The predicted octanol–water partition coefficient (Wildman–Crippen LogP) is 6.17. The van der Waals surface area contributed by atoms with Gasteiger partial charge in [-0.15, -0.1) is 10.1 Å². The van der Waals surface area contributed by atoms with Gasteiger partial charge in [0.25, 0.3) is 5.09 Å². The van der Waals surface area contributed by atoms with Crippen LogP contribution in [0.4, 0.5) is 18.9 Å². The van der Waals surface area contributed by atoms with Crippen molar-refractivity contribution in [3.05, 3.63) is 111 Å². The normalized spacial score (nSPS) is 20.2. The average Bonchev–Trinajstić information content (AvgIpc) is 3.28. The third-order valence-electron chi connectivity index (χ3n) is 7.48. The van der Waals surface area contributed by atoms with Crippen LogP contribution in [0, 0.1) is 22.0 Å². The molecule has 5 rings (SSSR count). The van der Waals surface area contributed by atoms with E-state index in [0.717, 1.165) is 37.0 Å². The molecule has 7 nitrogen and oxygen atoms in total. The van der Waals surface area contributed by atoms with E-state index < -0.39 is 28.9 Å². The van der Waals surface area contributed by atoms with E-state index in [1.54, 1.807) is 17.0 Å². The lowest BCUT2D eigenvalue weighted by molar-refractivity contribution is -0.757. The van der Waals surface area contributed by atoms with E-state index in [1.165, 1.54) is 23.3 Å². The highest BCUT2D eigenvalue weighted by Gasteiger charge is 2.42. The molecule has 1 amide bonds. The topological polar surface area (TPSA) is 84.7 Å². The van der Waals surface area contributed by atoms with E-state index in [1.807, 2.05) is 24.3 Å². The van der Waals surface area contributed by atoms with Crippen molar-refractivity contribution in [2.45, 2.75) is 56.4 Å². The van der Waals surface area contributed by atoms with Crippen LogP contribution in [-0.4, -0.2) is 23.6 Å². The number of halogens is 3. The van der Waals surface area contributed by atoms with Gasteiger partial charge in [0.1, 0.15) is 6.61 Å². The molecule has 0 saturated carbocycles. The summed E-state index contributed by atoms with van der Waals surface area (Å²) in [5.41, 5.74) is 3.48. The lowest BCUT2D eigenvalue weighted by Crippen LogP contribution is -2.41. The van der Waals surface area contributed by atoms with Crippen LogP contribution in [0.2, 0.25) is 0 Å². The van der Waals surface area contributed by atoms with E-state index in [2.05, 4.69) is 34.1 Å². The van der Waals surface area contributed by atoms with Crippen molar-refractivity contribution in [1.29, 1.82) is 0 Å². The SMILES string of the molecule is O=C1[C@H](N[C@H]2CCCc3ccccc32)C[C@H](c2cccc(C#CCCO[N+](=O)[O-])c2)N1c1ccc(C(F)(F)F)cc1. The summed E-state index contributed by atoms with van der Waals surface area (Å²) in [6.07, 6.45) is -1.03. The van der Waals surface area contributed by atoms with Crippen molar-refractivity contribution in [3.8, 4) is 11.8 Å². The molecule has 3 aromatic carbocycles. The molecule has 3 aromatic rings. The first-order valence-electron chi connectivity index (χ1n) is 13.4. The molecule has 1 heterocycles. The molecular weight excluding hydrogens is 535 g/mol. The highest BCUT2D eigenvalue weighted by Crippen LogP contribution is 2.40. The average molecular weight is 564 g/mol. The van der Waals surface area contributed by atoms with E-state index in [0.29, 0.717) is 17.7 Å². The van der Waals surface area contributed by atoms with Gasteiger partial charge in [0.15, 0.2) is 0 Å². The van der Waals surface area contributed by atoms with Crippen LogP contribution in [0.25, 0.3) is 0 Å². The number of aryl methyl sites for hydroxylation is 1. The molecule has 3 atom stereocenters. The summed E-state index contributed by atoms with van der Waals surface area (Å²) in [7, 11) is 0. The zero-order valence-corrected chi connectivity index (χ0v) is 22.1. The zero-order chi connectivity index (χ0) is 29.0. The third kappa shape index (κ3) is 6.52. The molecule has 1 N–H and O–H groups in total. The Morgan fingerprint density at radius 1 is 1.05 bits per heavy atom. The number of hydrogen-bond acceptors (Lipinski definition) is 5. The van der Waals surface area contributed by atoms with E-state index in [9.17, 15) is 28.1 Å². The van der Waals surface area contributed by atoms with E-state index in [4.69, 9.17) is 0 Å². The van der Waals surface area contributed by atoms with Gasteiger partial charge < -0.3 is 9.74 Å². The minimum atomic E-state index is -4.48. The minimum Gasteiger partial charge on any atom is -0.313 e. The number of nitrogens with zero attached hydrogens (tertiary/aromatic N) is 2. The smallest absolute Gasteiger partial charge is 0.313 e. The van der Waals surface area contributed by atoms with Crippen molar-refractivity contribution in [2.75, 3.05) is 11.5 Å². The number of hydrogen-bond donors (Lipinski definition) is 1. The Balaban J connectivity index is 1.43. The van der Waals surface area contributed by atoms with Crippen LogP contribution in [0.3, 0.4) is 0 Å². The first-order chi connectivity index (χ1) is 19.7. The third-order valence-corrected chi connectivity index (χ3v) is 7.48.